The van der Waals surface area contributed by atoms with E-state index in [0.29, 0.717) is 40.6 Å². The van der Waals surface area contributed by atoms with Gasteiger partial charge in [-0.15, -0.1) is 0 Å². The standard InChI is InChI=1S/C18H18N4O4/c1-11-20-16-8-13(22(23)24)5-7-15(16)18(21-11)19-10-12-4-6-14(25-2)9-17(12)26-3/h4-9H,10H2,1-3H3,(H,19,20,21). The Balaban J connectivity index is 1.93. The molecule has 0 aliphatic carbocycles. The molecule has 134 valence electrons. The minimum atomic E-state index is -0.438. The van der Waals surface area contributed by atoms with E-state index in [1.807, 2.05) is 18.2 Å². The average Bonchev–Trinajstić information content (AvgIpc) is 2.65. The fraction of sp³-hybridized carbons (Fsp3) is 0.222. The number of nitro groups is 1. The lowest BCUT2D eigenvalue weighted by Crippen LogP contribution is -2.06. The van der Waals surface area contributed by atoms with Crippen LogP contribution in [0.5, 0.6) is 11.5 Å². The van der Waals surface area contributed by atoms with E-state index in [9.17, 15) is 10.1 Å². The van der Waals surface area contributed by atoms with Gasteiger partial charge in [0.2, 0.25) is 0 Å². The maximum atomic E-state index is 11.0. The first-order valence-electron chi connectivity index (χ1n) is 7.89. The topological polar surface area (TPSA) is 99.4 Å². The molecule has 0 bridgehead atoms. The summed E-state index contributed by atoms with van der Waals surface area (Å²) in [6, 6.07) is 10.1. The van der Waals surface area contributed by atoms with Gasteiger partial charge in [-0.3, -0.25) is 10.1 Å². The SMILES string of the molecule is COc1ccc(CNc2nc(C)nc3cc([N+](=O)[O-])ccc23)c(OC)c1. The smallest absolute Gasteiger partial charge is 0.271 e. The number of aromatic nitrogens is 2. The fourth-order valence-corrected chi connectivity index (χ4v) is 2.66. The highest BCUT2D eigenvalue weighted by atomic mass is 16.6. The van der Waals surface area contributed by atoms with Crippen LogP contribution in [0, 0.1) is 17.0 Å². The van der Waals surface area contributed by atoms with E-state index < -0.39 is 4.92 Å². The quantitative estimate of drug-likeness (QED) is 0.534. The van der Waals surface area contributed by atoms with E-state index in [1.54, 1.807) is 27.2 Å². The number of methoxy groups -OCH3 is 2. The molecule has 8 nitrogen and oxygen atoms in total. The van der Waals surface area contributed by atoms with E-state index in [4.69, 9.17) is 9.47 Å². The van der Waals surface area contributed by atoms with E-state index in [0.717, 1.165) is 5.56 Å². The van der Waals surface area contributed by atoms with Crippen LogP contribution < -0.4 is 14.8 Å². The lowest BCUT2D eigenvalue weighted by molar-refractivity contribution is -0.384. The summed E-state index contributed by atoms with van der Waals surface area (Å²) < 4.78 is 10.6. The predicted molar refractivity (Wildman–Crippen MR) is 97.8 cm³/mol. The molecule has 3 aromatic rings. The number of nitrogens with one attached hydrogen (secondary N) is 1. The number of aryl methyl sites for hydroxylation is 1. The van der Waals surface area contributed by atoms with Crippen molar-refractivity contribution in [3.05, 3.63) is 57.9 Å². The summed E-state index contributed by atoms with van der Waals surface area (Å²) in [6.45, 7) is 2.22. The van der Waals surface area contributed by atoms with Crippen LogP contribution in [0.4, 0.5) is 11.5 Å². The van der Waals surface area contributed by atoms with Crippen molar-refractivity contribution in [3.63, 3.8) is 0 Å². The van der Waals surface area contributed by atoms with Crippen molar-refractivity contribution in [2.45, 2.75) is 13.5 Å². The second-order valence-corrected chi connectivity index (χ2v) is 5.61. The number of non-ortho nitro benzene ring substituents is 1. The normalized spacial score (nSPS) is 10.6. The molecule has 1 N–H and O–H groups in total. The molecular weight excluding hydrogens is 336 g/mol. The summed E-state index contributed by atoms with van der Waals surface area (Å²) in [6.07, 6.45) is 0. The van der Waals surface area contributed by atoms with E-state index in [1.165, 1.54) is 12.1 Å². The molecular formula is C18H18N4O4. The number of anilines is 1. The van der Waals surface area contributed by atoms with Gasteiger partial charge in [0.25, 0.3) is 5.69 Å². The van der Waals surface area contributed by atoms with Crippen LogP contribution in [0.2, 0.25) is 0 Å². The van der Waals surface area contributed by atoms with Crippen LogP contribution in [0.15, 0.2) is 36.4 Å². The molecule has 0 amide bonds. The van der Waals surface area contributed by atoms with E-state index >= 15 is 0 Å². The number of hydrogen-bond donors (Lipinski definition) is 1. The van der Waals surface area contributed by atoms with Gasteiger partial charge in [0.15, 0.2) is 0 Å². The van der Waals surface area contributed by atoms with Crippen molar-refractivity contribution in [2.75, 3.05) is 19.5 Å². The van der Waals surface area contributed by atoms with Crippen LogP contribution in [0.3, 0.4) is 0 Å². The van der Waals surface area contributed by atoms with Crippen molar-refractivity contribution in [3.8, 4) is 11.5 Å². The number of nitro benzene ring substituents is 1. The first kappa shape index (κ1) is 17.4. The molecule has 0 radical (unpaired) electrons. The van der Waals surface area contributed by atoms with Crippen LogP contribution in [0.25, 0.3) is 10.9 Å². The molecule has 0 unspecified atom stereocenters. The molecule has 0 saturated carbocycles. The van der Waals surface area contributed by atoms with Gasteiger partial charge in [0.05, 0.1) is 24.7 Å². The van der Waals surface area contributed by atoms with Crippen molar-refractivity contribution in [2.24, 2.45) is 0 Å². The van der Waals surface area contributed by atoms with Gasteiger partial charge in [0.1, 0.15) is 23.1 Å². The Bertz CT molecular complexity index is 975. The Morgan fingerprint density at radius 3 is 2.62 bits per heavy atom. The molecule has 0 atom stereocenters. The van der Waals surface area contributed by atoms with Crippen LogP contribution in [-0.2, 0) is 6.54 Å². The number of rotatable bonds is 6. The highest BCUT2D eigenvalue weighted by Crippen LogP contribution is 2.28. The Morgan fingerprint density at radius 1 is 1.12 bits per heavy atom. The third kappa shape index (κ3) is 3.49. The lowest BCUT2D eigenvalue weighted by atomic mass is 10.1. The Kier molecular flexibility index (Phi) is 4.83. The van der Waals surface area contributed by atoms with Crippen LogP contribution >= 0.6 is 0 Å². The molecule has 0 aliphatic rings. The summed E-state index contributed by atoms with van der Waals surface area (Å²) in [5, 5.41) is 15.0. The van der Waals surface area contributed by atoms with E-state index in [-0.39, 0.29) is 5.69 Å². The third-order valence-electron chi connectivity index (χ3n) is 3.94. The highest BCUT2D eigenvalue weighted by Gasteiger charge is 2.12. The Morgan fingerprint density at radius 2 is 1.92 bits per heavy atom. The van der Waals surface area contributed by atoms with Crippen molar-refractivity contribution >= 4 is 22.4 Å². The second kappa shape index (κ2) is 7.22. The summed E-state index contributed by atoms with van der Waals surface area (Å²) in [7, 11) is 3.20. The maximum Gasteiger partial charge on any atom is 0.271 e. The third-order valence-corrected chi connectivity index (χ3v) is 3.94. The minimum Gasteiger partial charge on any atom is -0.497 e. The van der Waals surface area contributed by atoms with Gasteiger partial charge in [-0.05, 0) is 25.1 Å². The second-order valence-electron chi connectivity index (χ2n) is 5.61. The zero-order valence-electron chi connectivity index (χ0n) is 14.6. The fourth-order valence-electron chi connectivity index (χ4n) is 2.66. The first-order valence-corrected chi connectivity index (χ1v) is 7.89. The van der Waals surface area contributed by atoms with E-state index in [2.05, 4.69) is 15.3 Å². The summed E-state index contributed by atoms with van der Waals surface area (Å²) in [4.78, 5) is 19.2. The van der Waals surface area contributed by atoms with Gasteiger partial charge < -0.3 is 14.8 Å². The minimum absolute atomic E-state index is 0.00151. The van der Waals surface area contributed by atoms with Crippen molar-refractivity contribution < 1.29 is 14.4 Å². The predicted octanol–water partition coefficient (Wildman–Crippen LogP) is 3.48. The number of nitrogens with zero attached hydrogens (tertiary/aromatic N) is 3. The maximum absolute atomic E-state index is 11.0. The number of benzene rings is 2. The van der Waals surface area contributed by atoms with Gasteiger partial charge >= 0.3 is 0 Å². The Hall–Kier alpha value is -3.42. The summed E-state index contributed by atoms with van der Waals surface area (Å²) in [5.41, 5.74) is 1.45. The van der Waals surface area contributed by atoms with Gasteiger partial charge in [-0.25, -0.2) is 9.97 Å². The molecule has 3 rings (SSSR count). The molecule has 0 aliphatic heterocycles. The molecule has 1 aromatic heterocycles. The number of hydrogen-bond acceptors (Lipinski definition) is 7. The van der Waals surface area contributed by atoms with Crippen molar-refractivity contribution in [1.29, 1.82) is 0 Å². The molecule has 0 saturated heterocycles. The van der Waals surface area contributed by atoms with Gasteiger partial charge in [-0.1, -0.05) is 0 Å². The van der Waals surface area contributed by atoms with Crippen LogP contribution in [-0.4, -0.2) is 29.1 Å². The molecule has 1 heterocycles. The molecule has 26 heavy (non-hydrogen) atoms. The summed E-state index contributed by atoms with van der Waals surface area (Å²) >= 11 is 0. The monoisotopic (exact) mass is 354 g/mol. The lowest BCUT2D eigenvalue weighted by Gasteiger charge is -2.13. The largest absolute Gasteiger partial charge is 0.497 e. The first-order chi connectivity index (χ1) is 12.5. The number of fused-ring (bicyclic) bond motifs is 1. The summed E-state index contributed by atoms with van der Waals surface area (Å²) in [5.74, 6) is 2.55. The van der Waals surface area contributed by atoms with Gasteiger partial charge in [-0.2, -0.15) is 0 Å². The van der Waals surface area contributed by atoms with Crippen LogP contribution in [0.1, 0.15) is 11.4 Å². The van der Waals surface area contributed by atoms with Gasteiger partial charge in [0, 0.05) is 35.7 Å². The molecule has 0 fully saturated rings. The number of ether oxygens (including phenoxy) is 2. The zero-order chi connectivity index (χ0) is 18.7. The molecule has 2 aromatic carbocycles. The highest BCUT2D eigenvalue weighted by molar-refractivity contribution is 5.90. The molecule has 0 spiro atoms. The zero-order valence-corrected chi connectivity index (χ0v) is 14.6. The molecule has 8 heteroatoms. The average molecular weight is 354 g/mol. The Labute approximate surface area is 149 Å². The van der Waals surface area contributed by atoms with Crippen molar-refractivity contribution in [1.82, 2.24) is 9.97 Å².